The van der Waals surface area contributed by atoms with Crippen molar-refractivity contribution in [3.63, 3.8) is 0 Å². The molecule has 2 aromatic carbocycles. The standard InChI is InChI=1S/C15H16S/c1-12-7-9-14(10-8-12)11-16-15-6-4-3-5-13(15)2/h3-10H,11H2,1-2H3. The second-order valence-corrected chi connectivity index (χ2v) is 5.06. The SMILES string of the molecule is Cc1ccc(CSc2ccccc2C)cc1. The zero-order valence-electron chi connectivity index (χ0n) is 9.73. The van der Waals surface area contributed by atoms with Gasteiger partial charge < -0.3 is 0 Å². The van der Waals surface area contributed by atoms with Crippen LogP contribution in [0, 0.1) is 13.8 Å². The van der Waals surface area contributed by atoms with E-state index in [1.165, 1.54) is 21.6 Å². The zero-order chi connectivity index (χ0) is 11.4. The highest BCUT2D eigenvalue weighted by atomic mass is 32.2. The fourth-order valence-electron chi connectivity index (χ4n) is 1.56. The smallest absolute Gasteiger partial charge is 0.0232 e. The molecule has 0 saturated heterocycles. The van der Waals surface area contributed by atoms with Gasteiger partial charge in [-0.25, -0.2) is 0 Å². The van der Waals surface area contributed by atoms with Crippen molar-refractivity contribution in [1.82, 2.24) is 0 Å². The summed E-state index contributed by atoms with van der Waals surface area (Å²) in [5.41, 5.74) is 4.07. The monoisotopic (exact) mass is 228 g/mol. The molecule has 0 N–H and O–H groups in total. The fraction of sp³-hybridized carbons (Fsp3) is 0.200. The molecule has 1 heteroatoms. The van der Waals surface area contributed by atoms with Crippen LogP contribution in [0.15, 0.2) is 53.4 Å². The van der Waals surface area contributed by atoms with E-state index in [1.807, 2.05) is 11.8 Å². The molecule has 0 atom stereocenters. The first-order chi connectivity index (χ1) is 7.75. The number of aryl methyl sites for hydroxylation is 2. The van der Waals surface area contributed by atoms with Gasteiger partial charge in [0.2, 0.25) is 0 Å². The van der Waals surface area contributed by atoms with Crippen LogP contribution < -0.4 is 0 Å². The lowest BCUT2D eigenvalue weighted by Gasteiger charge is -2.05. The first-order valence-electron chi connectivity index (χ1n) is 5.50. The van der Waals surface area contributed by atoms with Crippen molar-refractivity contribution in [3.8, 4) is 0 Å². The van der Waals surface area contributed by atoms with Crippen LogP contribution in [0.4, 0.5) is 0 Å². The van der Waals surface area contributed by atoms with Gasteiger partial charge in [0.1, 0.15) is 0 Å². The molecule has 0 radical (unpaired) electrons. The minimum Gasteiger partial charge on any atom is -0.121 e. The van der Waals surface area contributed by atoms with E-state index in [9.17, 15) is 0 Å². The van der Waals surface area contributed by atoms with Crippen molar-refractivity contribution in [2.75, 3.05) is 0 Å². The second kappa shape index (κ2) is 5.22. The molecule has 0 aliphatic heterocycles. The Kier molecular flexibility index (Phi) is 3.68. The van der Waals surface area contributed by atoms with E-state index in [4.69, 9.17) is 0 Å². The Bertz CT molecular complexity index is 457. The molecule has 16 heavy (non-hydrogen) atoms. The summed E-state index contributed by atoms with van der Waals surface area (Å²) in [5.74, 6) is 1.05. The van der Waals surface area contributed by atoms with Crippen LogP contribution in [0.25, 0.3) is 0 Å². The maximum Gasteiger partial charge on any atom is 0.0232 e. The molecule has 82 valence electrons. The molecule has 0 bridgehead atoms. The van der Waals surface area contributed by atoms with Crippen molar-refractivity contribution in [3.05, 3.63) is 65.2 Å². The second-order valence-electron chi connectivity index (χ2n) is 4.04. The minimum atomic E-state index is 1.05. The Morgan fingerprint density at radius 2 is 1.56 bits per heavy atom. The van der Waals surface area contributed by atoms with Crippen LogP contribution in [-0.2, 0) is 5.75 Å². The highest BCUT2D eigenvalue weighted by molar-refractivity contribution is 7.98. The summed E-state index contributed by atoms with van der Waals surface area (Å²) < 4.78 is 0. The average molecular weight is 228 g/mol. The summed E-state index contributed by atoms with van der Waals surface area (Å²) in [6, 6.07) is 17.3. The third-order valence-corrected chi connectivity index (χ3v) is 3.86. The molecule has 0 aromatic heterocycles. The van der Waals surface area contributed by atoms with Gasteiger partial charge in [-0.2, -0.15) is 0 Å². The molecule has 0 unspecified atom stereocenters. The van der Waals surface area contributed by atoms with Crippen molar-refractivity contribution in [1.29, 1.82) is 0 Å². The van der Waals surface area contributed by atoms with E-state index in [1.54, 1.807) is 0 Å². The molecule has 0 saturated carbocycles. The van der Waals surface area contributed by atoms with Crippen LogP contribution in [0.1, 0.15) is 16.7 Å². The molecule has 0 aliphatic rings. The van der Waals surface area contributed by atoms with Gasteiger partial charge in [0.15, 0.2) is 0 Å². The Hall–Kier alpha value is -1.21. The Morgan fingerprint density at radius 1 is 0.875 bits per heavy atom. The van der Waals surface area contributed by atoms with Crippen LogP contribution in [0.3, 0.4) is 0 Å². The fourth-order valence-corrected chi connectivity index (χ4v) is 2.55. The van der Waals surface area contributed by atoms with E-state index < -0.39 is 0 Å². The molecule has 2 rings (SSSR count). The molecule has 2 aromatic rings. The highest BCUT2D eigenvalue weighted by Crippen LogP contribution is 2.25. The zero-order valence-corrected chi connectivity index (χ0v) is 10.6. The van der Waals surface area contributed by atoms with E-state index in [0.29, 0.717) is 0 Å². The van der Waals surface area contributed by atoms with E-state index in [-0.39, 0.29) is 0 Å². The summed E-state index contributed by atoms with van der Waals surface area (Å²) in [5, 5.41) is 0. The largest absolute Gasteiger partial charge is 0.121 e. The van der Waals surface area contributed by atoms with Crippen molar-refractivity contribution in [2.45, 2.75) is 24.5 Å². The van der Waals surface area contributed by atoms with Crippen molar-refractivity contribution in [2.24, 2.45) is 0 Å². The van der Waals surface area contributed by atoms with Gasteiger partial charge >= 0.3 is 0 Å². The van der Waals surface area contributed by atoms with Gasteiger partial charge in [0, 0.05) is 10.6 Å². The maximum atomic E-state index is 2.21. The predicted octanol–water partition coefficient (Wildman–Crippen LogP) is 4.60. The highest BCUT2D eigenvalue weighted by Gasteiger charge is 1.98. The lowest BCUT2D eigenvalue weighted by Crippen LogP contribution is -1.83. The predicted molar refractivity (Wildman–Crippen MR) is 71.9 cm³/mol. The molecule has 0 heterocycles. The molecule has 0 spiro atoms. The van der Waals surface area contributed by atoms with Crippen molar-refractivity contribution < 1.29 is 0 Å². The maximum absolute atomic E-state index is 2.21. The summed E-state index contributed by atoms with van der Waals surface area (Å²) in [4.78, 5) is 1.38. The summed E-state index contributed by atoms with van der Waals surface area (Å²) in [7, 11) is 0. The van der Waals surface area contributed by atoms with Crippen LogP contribution in [0.5, 0.6) is 0 Å². The Labute approximate surface area is 102 Å². The van der Waals surface area contributed by atoms with E-state index in [2.05, 4.69) is 62.4 Å². The average Bonchev–Trinajstić information content (AvgIpc) is 2.30. The third kappa shape index (κ3) is 2.89. The number of rotatable bonds is 3. The Morgan fingerprint density at radius 3 is 2.25 bits per heavy atom. The summed E-state index contributed by atoms with van der Waals surface area (Å²) in [6.07, 6.45) is 0. The topological polar surface area (TPSA) is 0 Å². The number of benzene rings is 2. The van der Waals surface area contributed by atoms with E-state index in [0.717, 1.165) is 5.75 Å². The number of hydrogen-bond acceptors (Lipinski definition) is 1. The summed E-state index contributed by atoms with van der Waals surface area (Å²) in [6.45, 7) is 4.29. The molecule has 0 aliphatic carbocycles. The van der Waals surface area contributed by atoms with Gasteiger partial charge in [-0.3, -0.25) is 0 Å². The number of hydrogen-bond donors (Lipinski definition) is 0. The minimum absolute atomic E-state index is 1.05. The number of thioether (sulfide) groups is 1. The molecular formula is C15H16S. The molecule has 0 nitrogen and oxygen atoms in total. The van der Waals surface area contributed by atoms with Gasteiger partial charge in [0.25, 0.3) is 0 Å². The van der Waals surface area contributed by atoms with Crippen LogP contribution in [-0.4, -0.2) is 0 Å². The lowest BCUT2D eigenvalue weighted by molar-refractivity contribution is 1.29. The first kappa shape index (κ1) is 11.3. The molecular weight excluding hydrogens is 212 g/mol. The molecule has 0 fully saturated rings. The van der Waals surface area contributed by atoms with Gasteiger partial charge in [-0.05, 0) is 31.0 Å². The quantitative estimate of drug-likeness (QED) is 0.692. The van der Waals surface area contributed by atoms with Gasteiger partial charge in [0.05, 0.1) is 0 Å². The van der Waals surface area contributed by atoms with E-state index >= 15 is 0 Å². The van der Waals surface area contributed by atoms with Crippen LogP contribution in [0.2, 0.25) is 0 Å². The van der Waals surface area contributed by atoms with Crippen molar-refractivity contribution >= 4 is 11.8 Å². The third-order valence-electron chi connectivity index (χ3n) is 2.61. The normalized spacial score (nSPS) is 10.4. The molecule has 0 amide bonds. The van der Waals surface area contributed by atoms with Gasteiger partial charge in [-0.15, -0.1) is 11.8 Å². The first-order valence-corrected chi connectivity index (χ1v) is 6.48. The Balaban J connectivity index is 2.02. The van der Waals surface area contributed by atoms with Crippen LogP contribution >= 0.6 is 11.8 Å². The lowest BCUT2D eigenvalue weighted by atomic mass is 10.2. The van der Waals surface area contributed by atoms with Gasteiger partial charge in [-0.1, -0.05) is 48.0 Å². The summed E-state index contributed by atoms with van der Waals surface area (Å²) >= 11 is 1.91.